The molecule has 0 aliphatic heterocycles. The number of nitrogens with zero attached hydrogens (tertiary/aromatic N) is 1. The van der Waals surface area contributed by atoms with Gasteiger partial charge in [0, 0.05) is 28.8 Å². The minimum absolute atomic E-state index is 0.0412. The van der Waals surface area contributed by atoms with Crippen molar-refractivity contribution in [3.63, 3.8) is 0 Å². The summed E-state index contributed by atoms with van der Waals surface area (Å²) in [4.78, 5) is 25.3. The number of hydrogen-bond acceptors (Lipinski definition) is 4. The summed E-state index contributed by atoms with van der Waals surface area (Å²) in [6.07, 6.45) is 4.32. The van der Waals surface area contributed by atoms with E-state index in [-0.39, 0.29) is 11.7 Å². The highest BCUT2D eigenvalue weighted by molar-refractivity contribution is 5.95. The van der Waals surface area contributed by atoms with Gasteiger partial charge < -0.3 is 15.8 Å². The van der Waals surface area contributed by atoms with Gasteiger partial charge in [-0.1, -0.05) is 30.3 Å². The van der Waals surface area contributed by atoms with Crippen molar-refractivity contribution in [2.45, 2.75) is 19.4 Å². The molecule has 0 bridgehead atoms. The number of amides is 1. The molecule has 7 heteroatoms. The van der Waals surface area contributed by atoms with Crippen LogP contribution in [0.4, 0.5) is 0 Å². The molecule has 7 nitrogen and oxygen atoms in total. The second-order valence-electron chi connectivity index (χ2n) is 8.05. The first-order valence-electron chi connectivity index (χ1n) is 10.7. The molecule has 0 aliphatic rings. The van der Waals surface area contributed by atoms with Crippen molar-refractivity contribution < 1.29 is 18.9 Å². The molecule has 0 aliphatic carbocycles. The first-order chi connectivity index (χ1) is 15.8. The normalized spacial score (nSPS) is 12.5. The van der Waals surface area contributed by atoms with E-state index in [9.17, 15) is 9.59 Å². The van der Waals surface area contributed by atoms with Crippen LogP contribution >= 0.6 is 0 Å². The van der Waals surface area contributed by atoms with Crippen LogP contribution in [0.15, 0.2) is 73.1 Å². The summed E-state index contributed by atoms with van der Waals surface area (Å²) < 4.78 is 6.95. The summed E-state index contributed by atoms with van der Waals surface area (Å²) in [6, 6.07) is 18.0. The number of hydrogen-bond donors (Lipinski definition) is 3. The van der Waals surface area contributed by atoms with Gasteiger partial charge in [-0.05, 0) is 48.7 Å². The lowest BCUT2D eigenvalue weighted by Gasteiger charge is -2.23. The predicted molar refractivity (Wildman–Crippen MR) is 127 cm³/mol. The van der Waals surface area contributed by atoms with Crippen molar-refractivity contribution in [2.75, 3.05) is 7.11 Å². The van der Waals surface area contributed by atoms with Crippen molar-refractivity contribution in [1.29, 1.82) is 5.41 Å². The van der Waals surface area contributed by atoms with Crippen LogP contribution in [-0.4, -0.2) is 30.9 Å². The molecule has 2 aromatic carbocycles. The molecule has 0 fully saturated rings. The SMILES string of the molecule is COC(=O)[C@H](Cc1cccc(C(=N)N)c1)C(C)NC(=O)c1ccc(-c2ccc[n+](C)c2)cc1. The van der Waals surface area contributed by atoms with Crippen LogP contribution in [0.2, 0.25) is 0 Å². The maximum atomic E-state index is 12.9. The number of benzene rings is 2. The Balaban J connectivity index is 1.73. The fourth-order valence-electron chi connectivity index (χ4n) is 3.70. The van der Waals surface area contributed by atoms with E-state index in [1.807, 2.05) is 54.3 Å². The van der Waals surface area contributed by atoms with Crippen molar-refractivity contribution in [3.05, 3.63) is 89.7 Å². The van der Waals surface area contributed by atoms with Crippen LogP contribution in [0.5, 0.6) is 0 Å². The number of aryl methyl sites for hydroxylation is 1. The molecule has 2 atom stereocenters. The Labute approximate surface area is 193 Å². The van der Waals surface area contributed by atoms with Crippen LogP contribution in [-0.2, 0) is 23.0 Å². The third-order valence-corrected chi connectivity index (χ3v) is 5.58. The van der Waals surface area contributed by atoms with Crippen molar-refractivity contribution in [2.24, 2.45) is 18.7 Å². The van der Waals surface area contributed by atoms with Gasteiger partial charge in [0.05, 0.1) is 13.0 Å². The molecule has 0 saturated heterocycles. The van der Waals surface area contributed by atoms with E-state index in [1.54, 1.807) is 37.3 Å². The molecule has 33 heavy (non-hydrogen) atoms. The van der Waals surface area contributed by atoms with Crippen molar-refractivity contribution in [3.8, 4) is 11.1 Å². The predicted octanol–water partition coefficient (Wildman–Crippen LogP) is 2.61. The molecule has 1 heterocycles. The maximum absolute atomic E-state index is 12.9. The average Bonchev–Trinajstić information content (AvgIpc) is 2.82. The largest absolute Gasteiger partial charge is 0.469 e. The lowest BCUT2D eigenvalue weighted by atomic mass is 9.92. The van der Waals surface area contributed by atoms with Gasteiger partial charge in [-0.2, -0.15) is 0 Å². The Morgan fingerprint density at radius 2 is 1.79 bits per heavy atom. The van der Waals surface area contributed by atoms with E-state index in [2.05, 4.69) is 5.32 Å². The molecule has 1 amide bonds. The quantitative estimate of drug-likeness (QED) is 0.214. The minimum Gasteiger partial charge on any atom is -0.469 e. The van der Waals surface area contributed by atoms with E-state index < -0.39 is 17.9 Å². The molecule has 0 spiro atoms. The fraction of sp³-hybridized carbons (Fsp3) is 0.231. The monoisotopic (exact) mass is 445 g/mol. The van der Waals surface area contributed by atoms with Gasteiger partial charge in [0.1, 0.15) is 12.9 Å². The first-order valence-corrected chi connectivity index (χ1v) is 10.7. The van der Waals surface area contributed by atoms with Gasteiger partial charge in [0.2, 0.25) is 0 Å². The Morgan fingerprint density at radius 3 is 2.42 bits per heavy atom. The van der Waals surface area contributed by atoms with Crippen LogP contribution in [0.3, 0.4) is 0 Å². The van der Waals surface area contributed by atoms with Gasteiger partial charge >= 0.3 is 5.97 Å². The zero-order valence-corrected chi connectivity index (χ0v) is 19.0. The highest BCUT2D eigenvalue weighted by Crippen LogP contribution is 2.19. The molecule has 3 rings (SSSR count). The highest BCUT2D eigenvalue weighted by atomic mass is 16.5. The molecule has 0 radical (unpaired) electrons. The first kappa shape index (κ1) is 23.7. The molecule has 0 saturated carbocycles. The standard InChI is InChI=1S/C26H28N4O3/c1-17(23(26(32)33-3)15-18-6-4-7-21(14-18)24(27)28)29-25(31)20-11-9-19(10-12-20)22-8-5-13-30(2)16-22/h4-14,16-17,23H,15H2,1-3H3,(H3-,27,28,29,31)/p+1/t17?,23-/m1/s1. The fourth-order valence-corrected chi connectivity index (χ4v) is 3.70. The summed E-state index contributed by atoms with van der Waals surface area (Å²) in [5, 5.41) is 10.5. The Morgan fingerprint density at radius 1 is 1.06 bits per heavy atom. The Hall–Kier alpha value is -4.00. The van der Waals surface area contributed by atoms with E-state index in [4.69, 9.17) is 15.9 Å². The van der Waals surface area contributed by atoms with Crippen LogP contribution in [0.25, 0.3) is 11.1 Å². The lowest BCUT2D eigenvalue weighted by molar-refractivity contribution is -0.671. The molecule has 1 aromatic heterocycles. The highest BCUT2D eigenvalue weighted by Gasteiger charge is 2.28. The average molecular weight is 446 g/mol. The number of methoxy groups -OCH3 is 1. The van der Waals surface area contributed by atoms with E-state index >= 15 is 0 Å². The van der Waals surface area contributed by atoms with E-state index in [0.717, 1.165) is 16.7 Å². The topological polar surface area (TPSA) is 109 Å². The summed E-state index contributed by atoms with van der Waals surface area (Å²) in [5.74, 6) is -1.31. The molecule has 1 unspecified atom stereocenters. The second-order valence-corrected chi connectivity index (χ2v) is 8.05. The number of carbonyl (C=O) groups excluding carboxylic acids is 2. The maximum Gasteiger partial charge on any atom is 0.311 e. The number of esters is 1. The van der Waals surface area contributed by atoms with Gasteiger partial charge in [-0.15, -0.1) is 0 Å². The number of amidine groups is 1. The number of rotatable bonds is 8. The molecule has 3 aromatic rings. The molecule has 4 N–H and O–H groups in total. The van der Waals surface area contributed by atoms with Gasteiger partial charge in [0.25, 0.3) is 5.91 Å². The van der Waals surface area contributed by atoms with Gasteiger partial charge in [-0.3, -0.25) is 15.0 Å². The van der Waals surface area contributed by atoms with Crippen molar-refractivity contribution in [1.82, 2.24) is 5.32 Å². The summed E-state index contributed by atoms with van der Waals surface area (Å²) in [6.45, 7) is 1.78. The van der Waals surface area contributed by atoms with Gasteiger partial charge in [-0.25, -0.2) is 4.57 Å². The summed E-state index contributed by atoms with van der Waals surface area (Å²) in [7, 11) is 3.29. The van der Waals surface area contributed by atoms with Crippen LogP contribution in [0.1, 0.15) is 28.4 Å². The van der Waals surface area contributed by atoms with E-state index in [0.29, 0.717) is 17.5 Å². The summed E-state index contributed by atoms with van der Waals surface area (Å²) >= 11 is 0. The summed E-state index contributed by atoms with van der Waals surface area (Å²) in [5.41, 5.74) is 9.56. The lowest BCUT2D eigenvalue weighted by Crippen LogP contribution is -2.42. The Bertz CT molecular complexity index is 1160. The molecule has 170 valence electrons. The zero-order valence-electron chi connectivity index (χ0n) is 19.0. The third kappa shape index (κ3) is 6.04. The smallest absolute Gasteiger partial charge is 0.311 e. The van der Waals surface area contributed by atoms with Crippen LogP contribution < -0.4 is 15.6 Å². The third-order valence-electron chi connectivity index (χ3n) is 5.58. The minimum atomic E-state index is -0.593. The molecular formula is C26H29N4O3+. The van der Waals surface area contributed by atoms with Gasteiger partial charge in [0.15, 0.2) is 12.4 Å². The number of nitrogen functional groups attached to an aromatic ring is 1. The van der Waals surface area contributed by atoms with Crippen molar-refractivity contribution >= 4 is 17.7 Å². The number of ether oxygens (including phenoxy) is 1. The molecular weight excluding hydrogens is 416 g/mol. The zero-order chi connectivity index (χ0) is 24.0. The number of nitrogens with one attached hydrogen (secondary N) is 2. The number of pyridine rings is 1. The number of nitrogens with two attached hydrogens (primary N) is 1. The van der Waals surface area contributed by atoms with E-state index in [1.165, 1.54) is 7.11 Å². The second kappa shape index (κ2) is 10.5. The van der Waals surface area contributed by atoms with Crippen LogP contribution in [0, 0.1) is 11.3 Å². The Kier molecular flexibility index (Phi) is 7.56. The number of aromatic nitrogens is 1. The number of carbonyl (C=O) groups is 2.